The van der Waals surface area contributed by atoms with E-state index in [0.29, 0.717) is 17.1 Å². The molecule has 1 heterocycles. The fraction of sp³-hybridized carbons (Fsp3) is 0.0909. The first-order valence-electron chi connectivity index (χ1n) is 4.41. The molecule has 0 aliphatic heterocycles. The van der Waals surface area contributed by atoms with Crippen LogP contribution in [-0.2, 0) is 0 Å². The Bertz CT molecular complexity index is 474. The van der Waals surface area contributed by atoms with Crippen molar-refractivity contribution >= 4 is 0 Å². The third-order valence-electron chi connectivity index (χ3n) is 1.97. The van der Waals surface area contributed by atoms with Crippen LogP contribution < -0.4 is 4.74 Å². The van der Waals surface area contributed by atoms with Gasteiger partial charge in [-0.05, 0) is 12.1 Å². The van der Waals surface area contributed by atoms with Gasteiger partial charge in [0, 0.05) is 11.6 Å². The first kappa shape index (κ1) is 9.58. The summed E-state index contributed by atoms with van der Waals surface area (Å²) in [4.78, 5) is 7.92. The van der Waals surface area contributed by atoms with Gasteiger partial charge in [0.25, 0.3) is 0 Å². The standard InChI is InChI=1S/C11H9FN2O/c1-15-11-6-10(13-7-14-11)8-3-2-4-9(12)5-8/h2-7H,1H3. The first-order chi connectivity index (χ1) is 7.29. The monoisotopic (exact) mass is 204 g/mol. The lowest BCUT2D eigenvalue weighted by Gasteiger charge is -2.02. The van der Waals surface area contributed by atoms with Gasteiger partial charge >= 0.3 is 0 Å². The van der Waals surface area contributed by atoms with Crippen molar-refractivity contribution in [2.45, 2.75) is 0 Å². The lowest BCUT2D eigenvalue weighted by Crippen LogP contribution is -1.91. The van der Waals surface area contributed by atoms with Crippen molar-refractivity contribution in [1.82, 2.24) is 9.97 Å². The normalized spacial score (nSPS) is 10.0. The molecule has 15 heavy (non-hydrogen) atoms. The summed E-state index contributed by atoms with van der Waals surface area (Å²) in [5, 5.41) is 0. The van der Waals surface area contributed by atoms with Gasteiger partial charge < -0.3 is 4.74 Å². The summed E-state index contributed by atoms with van der Waals surface area (Å²) in [6.45, 7) is 0. The Labute approximate surface area is 86.6 Å². The van der Waals surface area contributed by atoms with Gasteiger partial charge in [-0.3, -0.25) is 0 Å². The Morgan fingerprint density at radius 2 is 2.07 bits per heavy atom. The maximum absolute atomic E-state index is 13.0. The summed E-state index contributed by atoms with van der Waals surface area (Å²) in [6, 6.07) is 7.89. The number of nitrogens with zero attached hydrogens (tertiary/aromatic N) is 2. The van der Waals surface area contributed by atoms with Gasteiger partial charge in [-0.25, -0.2) is 14.4 Å². The molecule has 0 N–H and O–H groups in total. The minimum Gasteiger partial charge on any atom is -0.481 e. The predicted octanol–water partition coefficient (Wildman–Crippen LogP) is 2.29. The average Bonchev–Trinajstić information content (AvgIpc) is 2.29. The maximum Gasteiger partial charge on any atom is 0.216 e. The summed E-state index contributed by atoms with van der Waals surface area (Å²) in [6.07, 6.45) is 1.39. The molecule has 0 unspecified atom stereocenters. The quantitative estimate of drug-likeness (QED) is 0.752. The molecule has 0 amide bonds. The van der Waals surface area contributed by atoms with Crippen LogP contribution in [0.1, 0.15) is 0 Å². The van der Waals surface area contributed by atoms with Crippen molar-refractivity contribution in [3.63, 3.8) is 0 Å². The summed E-state index contributed by atoms with van der Waals surface area (Å²) in [5.41, 5.74) is 1.34. The number of aromatic nitrogens is 2. The topological polar surface area (TPSA) is 35.0 Å². The molecule has 76 valence electrons. The zero-order chi connectivity index (χ0) is 10.7. The Morgan fingerprint density at radius 3 is 2.80 bits per heavy atom. The molecule has 0 saturated carbocycles. The molecule has 0 radical (unpaired) electrons. The van der Waals surface area contributed by atoms with Crippen LogP contribution in [0, 0.1) is 5.82 Å². The number of hydrogen-bond donors (Lipinski definition) is 0. The number of halogens is 1. The van der Waals surface area contributed by atoms with Crippen LogP contribution in [0.3, 0.4) is 0 Å². The zero-order valence-electron chi connectivity index (χ0n) is 8.14. The third-order valence-corrected chi connectivity index (χ3v) is 1.97. The van der Waals surface area contributed by atoms with Crippen molar-refractivity contribution in [1.29, 1.82) is 0 Å². The molecular formula is C11H9FN2O. The first-order valence-corrected chi connectivity index (χ1v) is 4.41. The van der Waals surface area contributed by atoms with Crippen molar-refractivity contribution in [2.75, 3.05) is 7.11 Å². The Balaban J connectivity index is 2.44. The van der Waals surface area contributed by atoms with E-state index in [4.69, 9.17) is 4.74 Å². The predicted molar refractivity (Wildman–Crippen MR) is 54.0 cm³/mol. The molecule has 4 heteroatoms. The highest BCUT2D eigenvalue weighted by atomic mass is 19.1. The van der Waals surface area contributed by atoms with Crippen molar-refractivity contribution < 1.29 is 9.13 Å². The second kappa shape index (κ2) is 4.04. The molecule has 0 fully saturated rings. The van der Waals surface area contributed by atoms with Gasteiger partial charge in [-0.2, -0.15) is 0 Å². The van der Waals surface area contributed by atoms with Gasteiger partial charge in [0.1, 0.15) is 12.1 Å². The molecule has 0 aliphatic rings. The lowest BCUT2D eigenvalue weighted by atomic mass is 10.1. The molecule has 0 atom stereocenters. The highest BCUT2D eigenvalue weighted by Gasteiger charge is 2.02. The van der Waals surface area contributed by atoms with Gasteiger partial charge in [0.05, 0.1) is 12.8 Å². The molecule has 0 aliphatic carbocycles. The Hall–Kier alpha value is -1.97. The lowest BCUT2D eigenvalue weighted by molar-refractivity contribution is 0.397. The second-order valence-electron chi connectivity index (χ2n) is 2.96. The van der Waals surface area contributed by atoms with E-state index >= 15 is 0 Å². The SMILES string of the molecule is COc1cc(-c2cccc(F)c2)ncn1. The molecule has 0 saturated heterocycles. The van der Waals surface area contributed by atoms with E-state index in [1.807, 2.05) is 0 Å². The highest BCUT2D eigenvalue weighted by molar-refractivity contribution is 5.59. The van der Waals surface area contributed by atoms with Crippen molar-refractivity contribution in [3.8, 4) is 17.1 Å². The maximum atomic E-state index is 13.0. The highest BCUT2D eigenvalue weighted by Crippen LogP contribution is 2.19. The molecule has 0 bridgehead atoms. The Kier molecular flexibility index (Phi) is 2.58. The van der Waals surface area contributed by atoms with Crippen LogP contribution in [0.2, 0.25) is 0 Å². The minimum absolute atomic E-state index is 0.287. The van der Waals surface area contributed by atoms with E-state index in [9.17, 15) is 4.39 Å². The molecule has 3 nitrogen and oxygen atoms in total. The van der Waals surface area contributed by atoms with Gasteiger partial charge in [-0.1, -0.05) is 12.1 Å². The fourth-order valence-corrected chi connectivity index (χ4v) is 1.26. The van der Waals surface area contributed by atoms with Crippen LogP contribution in [-0.4, -0.2) is 17.1 Å². The number of ether oxygens (including phenoxy) is 1. The summed E-state index contributed by atoms with van der Waals surface area (Å²) < 4.78 is 17.9. The second-order valence-corrected chi connectivity index (χ2v) is 2.96. The summed E-state index contributed by atoms with van der Waals surface area (Å²) in [5.74, 6) is 0.175. The largest absolute Gasteiger partial charge is 0.481 e. The number of hydrogen-bond acceptors (Lipinski definition) is 3. The van der Waals surface area contributed by atoms with Crippen LogP contribution in [0.25, 0.3) is 11.3 Å². The van der Waals surface area contributed by atoms with Gasteiger partial charge in [0.15, 0.2) is 0 Å². The van der Waals surface area contributed by atoms with E-state index in [2.05, 4.69) is 9.97 Å². The summed E-state index contributed by atoms with van der Waals surface area (Å²) >= 11 is 0. The molecule has 1 aromatic heterocycles. The van der Waals surface area contributed by atoms with Crippen LogP contribution in [0.4, 0.5) is 4.39 Å². The molecule has 2 rings (SSSR count). The molecule has 2 aromatic rings. The van der Waals surface area contributed by atoms with Gasteiger partial charge in [0.2, 0.25) is 5.88 Å². The Morgan fingerprint density at radius 1 is 1.20 bits per heavy atom. The number of benzene rings is 1. The molecule has 1 aromatic carbocycles. The smallest absolute Gasteiger partial charge is 0.216 e. The number of rotatable bonds is 2. The zero-order valence-corrected chi connectivity index (χ0v) is 8.14. The van der Waals surface area contributed by atoms with Crippen LogP contribution >= 0.6 is 0 Å². The van der Waals surface area contributed by atoms with Crippen LogP contribution in [0.15, 0.2) is 36.7 Å². The van der Waals surface area contributed by atoms with E-state index in [0.717, 1.165) is 0 Å². The van der Waals surface area contributed by atoms with Crippen molar-refractivity contribution in [2.24, 2.45) is 0 Å². The minimum atomic E-state index is -0.287. The molecule has 0 spiro atoms. The number of methoxy groups -OCH3 is 1. The fourth-order valence-electron chi connectivity index (χ4n) is 1.26. The van der Waals surface area contributed by atoms with E-state index < -0.39 is 0 Å². The average molecular weight is 204 g/mol. The summed E-state index contributed by atoms with van der Waals surface area (Å²) in [7, 11) is 1.53. The molecular weight excluding hydrogens is 195 g/mol. The van der Waals surface area contributed by atoms with Crippen molar-refractivity contribution in [3.05, 3.63) is 42.5 Å². The van der Waals surface area contributed by atoms with E-state index in [-0.39, 0.29) is 5.82 Å². The van der Waals surface area contributed by atoms with E-state index in [1.165, 1.54) is 25.6 Å². The van der Waals surface area contributed by atoms with Crippen LogP contribution in [0.5, 0.6) is 5.88 Å². The van der Waals surface area contributed by atoms with Gasteiger partial charge in [-0.15, -0.1) is 0 Å². The third kappa shape index (κ3) is 2.10. The van der Waals surface area contributed by atoms with E-state index in [1.54, 1.807) is 18.2 Å².